The van der Waals surface area contributed by atoms with E-state index in [4.69, 9.17) is 4.74 Å². The molecule has 3 heteroatoms. The molecule has 0 radical (unpaired) electrons. The molecular formula is C18H24O2S. The van der Waals surface area contributed by atoms with Crippen molar-refractivity contribution in [2.75, 3.05) is 6.61 Å². The Hall–Kier alpha value is -0.510. The molecule has 114 valence electrons. The fraction of sp³-hybridized carbons (Fsp3) is 0.667. The second kappa shape index (κ2) is 5.00. The number of rotatable bonds is 2. The number of thioether (sulfide) groups is 1. The maximum Gasteiger partial charge on any atom is 0.133 e. The van der Waals surface area contributed by atoms with Gasteiger partial charge in [-0.05, 0) is 41.6 Å². The van der Waals surface area contributed by atoms with Crippen molar-refractivity contribution in [3.63, 3.8) is 0 Å². The van der Waals surface area contributed by atoms with Crippen LogP contribution in [0, 0.1) is 23.2 Å². The van der Waals surface area contributed by atoms with E-state index < -0.39 is 6.10 Å². The van der Waals surface area contributed by atoms with E-state index in [2.05, 4.69) is 13.8 Å². The Kier molecular flexibility index (Phi) is 3.36. The van der Waals surface area contributed by atoms with Gasteiger partial charge in [-0.25, -0.2) is 0 Å². The highest BCUT2D eigenvalue weighted by Crippen LogP contribution is 2.64. The van der Waals surface area contributed by atoms with Crippen LogP contribution in [-0.4, -0.2) is 22.4 Å². The quantitative estimate of drug-likeness (QED) is 0.899. The molecule has 21 heavy (non-hydrogen) atoms. The molecule has 1 saturated heterocycles. The second-order valence-corrected chi connectivity index (χ2v) is 8.83. The minimum atomic E-state index is -0.511. The molecule has 0 amide bonds. The molecule has 2 bridgehead atoms. The number of hydrogen-bond acceptors (Lipinski definition) is 3. The Morgan fingerprint density at radius 1 is 1.24 bits per heavy atom. The lowest BCUT2D eigenvalue weighted by Crippen LogP contribution is -2.59. The third kappa shape index (κ3) is 2.16. The molecule has 0 unspecified atom stereocenters. The van der Waals surface area contributed by atoms with Crippen molar-refractivity contribution < 1.29 is 9.84 Å². The van der Waals surface area contributed by atoms with Crippen LogP contribution in [0.4, 0.5) is 0 Å². The highest BCUT2D eigenvalue weighted by atomic mass is 32.2. The topological polar surface area (TPSA) is 29.5 Å². The molecule has 5 rings (SSSR count). The van der Waals surface area contributed by atoms with Crippen LogP contribution in [0.3, 0.4) is 0 Å². The van der Waals surface area contributed by atoms with Gasteiger partial charge in [-0.3, -0.25) is 0 Å². The van der Waals surface area contributed by atoms with Gasteiger partial charge in [0.25, 0.3) is 0 Å². The standard InChI is InChI=1S/C18H24O2S/c1-18(2)12-8-14(18)13-10-20-17(21-15(13)9-12)16(19)11-6-4-3-5-7-11/h3-7,12-17,19H,8-10H2,1-2H3/t12-,13+,14+,15+,16+,17-/m1/s1. The predicted octanol–water partition coefficient (Wildman–Crippen LogP) is 3.86. The zero-order chi connectivity index (χ0) is 14.6. The lowest BCUT2D eigenvalue weighted by molar-refractivity contribution is -0.135. The second-order valence-electron chi connectivity index (χ2n) is 7.49. The third-order valence-corrected chi connectivity index (χ3v) is 7.77. The minimum Gasteiger partial charge on any atom is -0.385 e. The van der Waals surface area contributed by atoms with Crippen LogP contribution in [0.15, 0.2) is 30.3 Å². The smallest absolute Gasteiger partial charge is 0.133 e. The molecule has 4 fully saturated rings. The van der Waals surface area contributed by atoms with Gasteiger partial charge in [-0.2, -0.15) is 0 Å². The van der Waals surface area contributed by atoms with E-state index in [0.717, 1.165) is 24.0 Å². The summed E-state index contributed by atoms with van der Waals surface area (Å²) >= 11 is 1.88. The molecule has 3 aliphatic carbocycles. The summed E-state index contributed by atoms with van der Waals surface area (Å²) in [5.41, 5.74) is 1.37. The van der Waals surface area contributed by atoms with Crippen molar-refractivity contribution in [2.24, 2.45) is 23.2 Å². The molecule has 1 heterocycles. The Morgan fingerprint density at radius 2 is 2.00 bits per heavy atom. The largest absolute Gasteiger partial charge is 0.385 e. The summed E-state index contributed by atoms with van der Waals surface area (Å²) in [6.07, 6.45) is 2.19. The van der Waals surface area contributed by atoms with Gasteiger partial charge in [0.15, 0.2) is 0 Å². The van der Waals surface area contributed by atoms with Crippen molar-refractivity contribution in [1.82, 2.24) is 0 Å². The Labute approximate surface area is 131 Å². The van der Waals surface area contributed by atoms with Crippen molar-refractivity contribution in [2.45, 2.75) is 43.5 Å². The van der Waals surface area contributed by atoms with Crippen LogP contribution in [0.25, 0.3) is 0 Å². The highest BCUT2D eigenvalue weighted by molar-refractivity contribution is 8.00. The summed E-state index contributed by atoms with van der Waals surface area (Å²) in [5, 5.41) is 11.2. The first kappa shape index (κ1) is 14.1. The van der Waals surface area contributed by atoms with Gasteiger partial charge in [0.2, 0.25) is 0 Å². The lowest BCUT2D eigenvalue weighted by atomic mass is 9.45. The van der Waals surface area contributed by atoms with Crippen LogP contribution >= 0.6 is 11.8 Å². The van der Waals surface area contributed by atoms with Crippen LogP contribution in [0.1, 0.15) is 38.4 Å². The summed E-state index contributed by atoms with van der Waals surface area (Å²) in [6.45, 7) is 5.68. The molecule has 1 aromatic carbocycles. The fourth-order valence-electron chi connectivity index (χ4n) is 4.67. The lowest BCUT2D eigenvalue weighted by Gasteiger charge is -2.63. The Bertz CT molecular complexity index is 515. The maximum atomic E-state index is 10.6. The number of aliphatic hydroxyl groups is 1. The van der Waals surface area contributed by atoms with Crippen molar-refractivity contribution in [3.05, 3.63) is 35.9 Å². The van der Waals surface area contributed by atoms with E-state index in [1.165, 1.54) is 12.8 Å². The molecule has 1 aliphatic heterocycles. The Balaban J connectivity index is 1.47. The predicted molar refractivity (Wildman–Crippen MR) is 86.0 cm³/mol. The zero-order valence-corrected chi connectivity index (χ0v) is 13.6. The molecule has 3 saturated carbocycles. The summed E-state index contributed by atoms with van der Waals surface area (Å²) in [5.74, 6) is 2.39. The van der Waals surface area contributed by atoms with Crippen molar-refractivity contribution >= 4 is 11.8 Å². The number of benzene rings is 1. The van der Waals surface area contributed by atoms with Gasteiger partial charge in [0.1, 0.15) is 11.5 Å². The molecule has 6 atom stereocenters. The zero-order valence-electron chi connectivity index (χ0n) is 12.7. The van der Waals surface area contributed by atoms with Crippen LogP contribution in [0.5, 0.6) is 0 Å². The first-order chi connectivity index (χ1) is 10.1. The normalized spacial score (nSPS) is 41.8. The van der Waals surface area contributed by atoms with E-state index in [-0.39, 0.29) is 5.44 Å². The SMILES string of the molecule is CC1(C)[C@H]2C[C@@H]3S[C@H]([C@@H](O)c4ccccc4)OC[C@H]3[C@@H]1C2. The Morgan fingerprint density at radius 3 is 2.71 bits per heavy atom. The summed E-state index contributed by atoms with van der Waals surface area (Å²) < 4.78 is 6.06. The molecule has 4 aliphatic rings. The van der Waals surface area contributed by atoms with E-state index in [1.54, 1.807) is 0 Å². The third-order valence-electron chi connectivity index (χ3n) is 6.22. The minimum absolute atomic E-state index is 0.103. The maximum absolute atomic E-state index is 10.6. The van der Waals surface area contributed by atoms with Crippen molar-refractivity contribution in [1.29, 1.82) is 0 Å². The van der Waals surface area contributed by atoms with Gasteiger partial charge in [0.05, 0.1) is 6.61 Å². The first-order valence-electron chi connectivity index (χ1n) is 8.07. The average Bonchev–Trinajstić information content (AvgIpc) is 2.53. The van der Waals surface area contributed by atoms with Gasteiger partial charge in [0, 0.05) is 5.25 Å². The van der Waals surface area contributed by atoms with Crippen molar-refractivity contribution in [3.8, 4) is 0 Å². The van der Waals surface area contributed by atoms with E-state index in [0.29, 0.717) is 16.6 Å². The monoisotopic (exact) mass is 304 g/mol. The van der Waals surface area contributed by atoms with E-state index in [9.17, 15) is 5.11 Å². The molecule has 2 nitrogen and oxygen atoms in total. The molecule has 1 N–H and O–H groups in total. The molecular weight excluding hydrogens is 280 g/mol. The molecule has 0 spiro atoms. The summed E-state index contributed by atoms with van der Waals surface area (Å²) in [7, 11) is 0. The average molecular weight is 304 g/mol. The number of ether oxygens (including phenoxy) is 1. The van der Waals surface area contributed by atoms with E-state index >= 15 is 0 Å². The number of aliphatic hydroxyl groups excluding tert-OH is 1. The highest BCUT2D eigenvalue weighted by Gasteiger charge is 2.59. The summed E-state index contributed by atoms with van der Waals surface area (Å²) in [4.78, 5) is 0. The first-order valence-corrected chi connectivity index (χ1v) is 9.01. The van der Waals surface area contributed by atoms with Crippen LogP contribution in [-0.2, 0) is 4.74 Å². The molecule has 1 aromatic rings. The fourth-order valence-corrected chi connectivity index (χ4v) is 6.29. The van der Waals surface area contributed by atoms with Crippen LogP contribution < -0.4 is 0 Å². The van der Waals surface area contributed by atoms with Gasteiger partial charge in [-0.15, -0.1) is 11.8 Å². The summed E-state index contributed by atoms with van der Waals surface area (Å²) in [6, 6.07) is 9.92. The van der Waals surface area contributed by atoms with Crippen LogP contribution in [0.2, 0.25) is 0 Å². The molecule has 0 aromatic heterocycles. The van der Waals surface area contributed by atoms with Gasteiger partial charge in [-0.1, -0.05) is 44.2 Å². The van der Waals surface area contributed by atoms with E-state index in [1.807, 2.05) is 42.1 Å². The van der Waals surface area contributed by atoms with Gasteiger partial charge < -0.3 is 9.84 Å². The number of hydrogen-bond donors (Lipinski definition) is 1. The van der Waals surface area contributed by atoms with Gasteiger partial charge >= 0.3 is 0 Å².